The Bertz CT molecular complexity index is 429. The van der Waals surface area contributed by atoms with Crippen molar-refractivity contribution in [3.8, 4) is 0 Å². The summed E-state index contributed by atoms with van der Waals surface area (Å²) >= 11 is 3.83. The van der Waals surface area contributed by atoms with Gasteiger partial charge in [0.25, 0.3) is 0 Å². The van der Waals surface area contributed by atoms with Gasteiger partial charge in [-0.15, -0.1) is 11.3 Å². The fraction of sp³-hybridized carbons (Fsp3) is 0.300. The lowest BCUT2D eigenvalue weighted by Gasteiger charge is -2.13. The van der Waals surface area contributed by atoms with Crippen molar-refractivity contribution in [2.24, 2.45) is 0 Å². The molecule has 84 valence electrons. The number of nitrogens with zero attached hydrogens (tertiary/aromatic N) is 3. The molecular formula is C10H11IN4S. The van der Waals surface area contributed by atoms with Crippen LogP contribution in [0, 0.1) is 3.57 Å². The maximum atomic E-state index is 4.30. The topological polar surface area (TPSA) is 50.7 Å². The zero-order valence-electron chi connectivity index (χ0n) is 8.72. The highest BCUT2D eigenvalue weighted by molar-refractivity contribution is 14.1. The molecule has 2 aromatic heterocycles. The molecule has 0 amide bonds. The van der Waals surface area contributed by atoms with Crippen LogP contribution in [-0.2, 0) is 0 Å². The van der Waals surface area contributed by atoms with E-state index in [-0.39, 0.29) is 6.04 Å². The molecule has 0 aliphatic heterocycles. The first-order valence-electron chi connectivity index (χ1n) is 4.93. The highest BCUT2D eigenvalue weighted by Gasteiger charge is 2.12. The van der Waals surface area contributed by atoms with Crippen LogP contribution < -0.4 is 5.32 Å². The predicted molar refractivity (Wildman–Crippen MR) is 73.5 cm³/mol. The number of rotatable bonds is 4. The second kappa shape index (κ2) is 5.53. The molecule has 16 heavy (non-hydrogen) atoms. The third-order valence-corrected chi connectivity index (χ3v) is 3.53. The predicted octanol–water partition coefficient (Wildman–Crippen LogP) is 3.10. The molecule has 2 heterocycles. The fourth-order valence-corrected chi connectivity index (χ4v) is 2.34. The minimum absolute atomic E-state index is 0.195. The Hall–Kier alpha value is -0.760. The van der Waals surface area contributed by atoms with Gasteiger partial charge >= 0.3 is 0 Å². The molecule has 0 bridgehead atoms. The van der Waals surface area contributed by atoms with E-state index in [0.29, 0.717) is 5.95 Å². The summed E-state index contributed by atoms with van der Waals surface area (Å²) in [7, 11) is 0. The average molecular weight is 346 g/mol. The van der Waals surface area contributed by atoms with Crippen LogP contribution in [0.5, 0.6) is 0 Å². The van der Waals surface area contributed by atoms with Gasteiger partial charge in [0.1, 0.15) is 5.01 Å². The Morgan fingerprint density at radius 1 is 1.38 bits per heavy atom. The van der Waals surface area contributed by atoms with Gasteiger partial charge in [-0.3, -0.25) is 0 Å². The van der Waals surface area contributed by atoms with Crippen LogP contribution in [0.15, 0.2) is 24.0 Å². The van der Waals surface area contributed by atoms with Crippen LogP contribution in [0.4, 0.5) is 5.95 Å². The van der Waals surface area contributed by atoms with E-state index in [1.807, 2.05) is 11.6 Å². The maximum absolute atomic E-state index is 4.30. The van der Waals surface area contributed by atoms with E-state index >= 15 is 0 Å². The van der Waals surface area contributed by atoms with Crippen molar-refractivity contribution in [3.05, 3.63) is 32.5 Å². The molecule has 1 N–H and O–H groups in total. The summed E-state index contributed by atoms with van der Waals surface area (Å²) in [6.07, 6.45) is 6.37. The summed E-state index contributed by atoms with van der Waals surface area (Å²) in [6.45, 7) is 2.12. The number of halogens is 1. The molecule has 1 atom stereocenters. The molecule has 4 nitrogen and oxygen atoms in total. The molecule has 0 aromatic carbocycles. The van der Waals surface area contributed by atoms with Crippen molar-refractivity contribution in [1.82, 2.24) is 15.0 Å². The van der Waals surface area contributed by atoms with Gasteiger partial charge in [-0.05, 0) is 29.0 Å². The Labute approximate surface area is 112 Å². The Balaban J connectivity index is 2.10. The van der Waals surface area contributed by atoms with Crippen molar-refractivity contribution in [1.29, 1.82) is 0 Å². The first-order chi connectivity index (χ1) is 7.79. The zero-order chi connectivity index (χ0) is 11.4. The molecule has 0 aliphatic carbocycles. The number of hydrogen-bond donors (Lipinski definition) is 1. The minimum Gasteiger partial charge on any atom is -0.345 e. The Morgan fingerprint density at radius 2 is 2.12 bits per heavy atom. The van der Waals surface area contributed by atoms with Gasteiger partial charge in [0.15, 0.2) is 0 Å². The first-order valence-corrected chi connectivity index (χ1v) is 6.89. The molecular weight excluding hydrogens is 335 g/mol. The van der Waals surface area contributed by atoms with E-state index in [9.17, 15) is 0 Å². The lowest BCUT2D eigenvalue weighted by molar-refractivity contribution is 0.731. The molecule has 0 fully saturated rings. The molecule has 6 heteroatoms. The van der Waals surface area contributed by atoms with Crippen LogP contribution >= 0.6 is 33.9 Å². The molecule has 0 saturated heterocycles. The summed E-state index contributed by atoms with van der Waals surface area (Å²) in [4.78, 5) is 12.7. The van der Waals surface area contributed by atoms with Crippen LogP contribution in [0.3, 0.4) is 0 Å². The largest absolute Gasteiger partial charge is 0.345 e. The lowest BCUT2D eigenvalue weighted by Crippen LogP contribution is -2.11. The van der Waals surface area contributed by atoms with E-state index in [1.54, 1.807) is 23.7 Å². The van der Waals surface area contributed by atoms with Crippen molar-refractivity contribution >= 4 is 39.9 Å². The van der Waals surface area contributed by atoms with Crippen molar-refractivity contribution < 1.29 is 0 Å². The lowest BCUT2D eigenvalue weighted by atomic mass is 10.2. The molecule has 1 unspecified atom stereocenters. The van der Waals surface area contributed by atoms with E-state index in [1.165, 1.54) is 0 Å². The van der Waals surface area contributed by atoms with Gasteiger partial charge in [-0.2, -0.15) is 0 Å². The van der Waals surface area contributed by atoms with E-state index < -0.39 is 0 Å². The van der Waals surface area contributed by atoms with Crippen molar-refractivity contribution in [3.63, 3.8) is 0 Å². The monoisotopic (exact) mass is 346 g/mol. The Morgan fingerprint density at radius 3 is 2.69 bits per heavy atom. The van der Waals surface area contributed by atoms with Gasteiger partial charge in [-0.25, -0.2) is 15.0 Å². The number of nitrogens with one attached hydrogen (secondary N) is 1. The van der Waals surface area contributed by atoms with E-state index in [2.05, 4.69) is 49.8 Å². The van der Waals surface area contributed by atoms with Crippen LogP contribution in [0.25, 0.3) is 0 Å². The fourth-order valence-electron chi connectivity index (χ4n) is 1.29. The quantitative estimate of drug-likeness (QED) is 0.865. The number of hydrogen-bond acceptors (Lipinski definition) is 5. The van der Waals surface area contributed by atoms with E-state index in [0.717, 1.165) is 15.0 Å². The maximum Gasteiger partial charge on any atom is 0.223 e. The molecule has 0 spiro atoms. The standard InChI is InChI=1S/C10H11IN4S/c1-2-8(9-12-3-4-16-9)15-10-13-5-7(11)6-14-10/h3-6,8H,2H2,1H3,(H,13,14,15). The summed E-state index contributed by atoms with van der Waals surface area (Å²) in [5.41, 5.74) is 0. The molecule has 2 rings (SSSR count). The van der Waals surface area contributed by atoms with Gasteiger partial charge < -0.3 is 5.32 Å². The van der Waals surface area contributed by atoms with E-state index in [4.69, 9.17) is 0 Å². The van der Waals surface area contributed by atoms with Crippen LogP contribution in [-0.4, -0.2) is 15.0 Å². The van der Waals surface area contributed by atoms with Gasteiger partial charge in [-0.1, -0.05) is 6.92 Å². The Kier molecular flexibility index (Phi) is 4.05. The molecule has 0 aliphatic rings. The SMILES string of the molecule is CCC(Nc1ncc(I)cn1)c1nccs1. The highest BCUT2D eigenvalue weighted by Crippen LogP contribution is 2.22. The average Bonchev–Trinajstić information content (AvgIpc) is 2.82. The molecule has 0 saturated carbocycles. The van der Waals surface area contributed by atoms with Crippen molar-refractivity contribution in [2.75, 3.05) is 5.32 Å². The minimum atomic E-state index is 0.195. The zero-order valence-corrected chi connectivity index (χ0v) is 11.7. The summed E-state index contributed by atoms with van der Waals surface area (Å²) in [5, 5.41) is 6.34. The summed E-state index contributed by atoms with van der Waals surface area (Å²) in [5.74, 6) is 0.655. The second-order valence-electron chi connectivity index (χ2n) is 3.20. The second-order valence-corrected chi connectivity index (χ2v) is 5.37. The number of anilines is 1. The number of thiazole rings is 1. The van der Waals surface area contributed by atoms with Gasteiger partial charge in [0.05, 0.1) is 6.04 Å². The normalized spacial score (nSPS) is 12.4. The summed E-state index contributed by atoms with van der Waals surface area (Å²) in [6, 6.07) is 0.195. The molecule has 2 aromatic rings. The third kappa shape index (κ3) is 2.88. The highest BCUT2D eigenvalue weighted by atomic mass is 127. The van der Waals surface area contributed by atoms with Gasteiger partial charge in [0, 0.05) is 27.5 Å². The third-order valence-electron chi connectivity index (χ3n) is 2.08. The summed E-state index contributed by atoms with van der Waals surface area (Å²) < 4.78 is 1.03. The molecule has 0 radical (unpaired) electrons. The first kappa shape index (κ1) is 11.7. The van der Waals surface area contributed by atoms with Gasteiger partial charge in [0.2, 0.25) is 5.95 Å². The van der Waals surface area contributed by atoms with Crippen LogP contribution in [0.1, 0.15) is 24.4 Å². The smallest absolute Gasteiger partial charge is 0.223 e. The number of aromatic nitrogens is 3. The van der Waals surface area contributed by atoms with Crippen molar-refractivity contribution in [2.45, 2.75) is 19.4 Å². The van der Waals surface area contributed by atoms with Crippen LogP contribution in [0.2, 0.25) is 0 Å².